The van der Waals surface area contributed by atoms with Crippen molar-refractivity contribution in [2.75, 3.05) is 0 Å². The molecule has 0 unspecified atom stereocenters. The number of esters is 4. The maximum absolute atomic E-state index is 15.2. The summed E-state index contributed by atoms with van der Waals surface area (Å²) < 4.78 is 51.9. The Hall–Kier alpha value is -7.43. The second kappa shape index (κ2) is 25.4. The van der Waals surface area contributed by atoms with Gasteiger partial charge in [-0.2, -0.15) is 0 Å². The minimum Gasteiger partial charge on any atom is -0.423 e. The number of carbonyl (C=O) groups excluding carboxylic acids is 4. The van der Waals surface area contributed by atoms with E-state index in [1.54, 1.807) is 48.5 Å². The lowest BCUT2D eigenvalue weighted by atomic mass is 10.00. The molecular formula is C60H55ClF2O8. The van der Waals surface area contributed by atoms with E-state index in [0.717, 1.165) is 72.2 Å². The van der Waals surface area contributed by atoms with E-state index >= 15 is 8.78 Å². The molecule has 0 bridgehead atoms. The predicted molar refractivity (Wildman–Crippen MR) is 273 cm³/mol. The van der Waals surface area contributed by atoms with E-state index in [0.29, 0.717) is 0 Å². The molecule has 7 aromatic carbocycles. The average molecular weight is 978 g/mol. The largest absolute Gasteiger partial charge is 0.423 e. The van der Waals surface area contributed by atoms with Crippen LogP contribution in [0.4, 0.5) is 8.78 Å². The Bertz CT molecular complexity index is 2740. The monoisotopic (exact) mass is 976 g/mol. The van der Waals surface area contributed by atoms with Gasteiger partial charge in [-0.25, -0.2) is 28.0 Å². The highest BCUT2D eigenvalue weighted by atomic mass is 35.5. The number of hydrogen-bond donors (Lipinski definition) is 0. The number of halogens is 3. The molecule has 7 aromatic rings. The molecule has 0 saturated heterocycles. The minimum atomic E-state index is -0.992. The second-order valence-electron chi connectivity index (χ2n) is 17.3. The molecular weight excluding hydrogens is 922 g/mol. The fourth-order valence-electron chi connectivity index (χ4n) is 7.92. The van der Waals surface area contributed by atoms with Crippen molar-refractivity contribution in [3.63, 3.8) is 0 Å². The molecule has 0 N–H and O–H groups in total. The molecule has 0 saturated carbocycles. The summed E-state index contributed by atoms with van der Waals surface area (Å²) >= 11 is 6.24. The third-order valence-electron chi connectivity index (χ3n) is 12.0. The first kappa shape index (κ1) is 51.4. The van der Waals surface area contributed by atoms with Gasteiger partial charge in [0.05, 0.1) is 22.3 Å². The molecule has 11 heteroatoms. The quantitative estimate of drug-likeness (QED) is 0.0376. The SMILES string of the molecule is CCCCCCCc1ccc(-c2ccc(C(=O)Oc3ccc(C(=O)Oc4cc(Cl)cc(OC(=O)c5ccc(OC(=O)c6ccc(-c7ccc(CCCCCCC)cc7)cc6)c(F)c5)c4)cc3F)cc2)cc1. The van der Waals surface area contributed by atoms with Crippen molar-refractivity contribution < 1.29 is 46.9 Å². The van der Waals surface area contributed by atoms with Gasteiger partial charge in [-0.1, -0.05) is 150 Å². The third-order valence-corrected chi connectivity index (χ3v) is 12.2. The van der Waals surface area contributed by atoms with Gasteiger partial charge in [-0.15, -0.1) is 0 Å². The summed E-state index contributed by atoms with van der Waals surface area (Å²) in [6.07, 6.45) is 14.3. The number of benzene rings is 7. The maximum atomic E-state index is 15.2. The van der Waals surface area contributed by atoms with E-state index in [9.17, 15) is 19.2 Å². The molecule has 0 radical (unpaired) electrons. The van der Waals surface area contributed by atoms with Gasteiger partial charge in [0.1, 0.15) is 11.5 Å². The van der Waals surface area contributed by atoms with E-state index in [2.05, 4.69) is 62.4 Å². The Kier molecular flexibility index (Phi) is 18.4. The number of ether oxygens (including phenoxy) is 4. The summed E-state index contributed by atoms with van der Waals surface area (Å²) in [5.41, 5.74) is 6.37. The van der Waals surface area contributed by atoms with E-state index in [1.807, 2.05) is 0 Å². The van der Waals surface area contributed by atoms with Crippen molar-refractivity contribution >= 4 is 35.5 Å². The Morgan fingerprint density at radius 2 is 0.704 bits per heavy atom. The molecule has 0 fully saturated rings. The molecule has 7 rings (SSSR count). The molecule has 71 heavy (non-hydrogen) atoms. The first-order chi connectivity index (χ1) is 34.5. The van der Waals surface area contributed by atoms with Crippen molar-refractivity contribution in [3.8, 4) is 45.3 Å². The molecule has 0 aromatic heterocycles. The number of carbonyl (C=O) groups is 4. The summed E-state index contributed by atoms with van der Waals surface area (Å²) in [5, 5.41) is 0.0175. The van der Waals surface area contributed by atoms with Crippen LogP contribution in [0.25, 0.3) is 22.3 Å². The summed E-state index contributed by atoms with van der Waals surface area (Å²) in [6, 6.07) is 40.4. The van der Waals surface area contributed by atoms with E-state index in [-0.39, 0.29) is 38.8 Å². The van der Waals surface area contributed by atoms with Crippen LogP contribution in [0.3, 0.4) is 0 Å². The van der Waals surface area contributed by atoms with Crippen molar-refractivity contribution in [3.05, 3.63) is 202 Å². The van der Waals surface area contributed by atoms with Gasteiger partial charge in [0.15, 0.2) is 23.1 Å². The highest BCUT2D eigenvalue weighted by Crippen LogP contribution is 2.30. The van der Waals surface area contributed by atoms with Gasteiger partial charge in [-0.05, 0) is 132 Å². The Balaban J connectivity index is 0.890. The normalized spacial score (nSPS) is 10.9. The van der Waals surface area contributed by atoms with E-state index < -0.39 is 47.0 Å². The first-order valence-corrected chi connectivity index (χ1v) is 24.5. The molecule has 0 amide bonds. The van der Waals surface area contributed by atoms with E-state index in [4.69, 9.17) is 30.5 Å². The van der Waals surface area contributed by atoms with Crippen LogP contribution in [0, 0.1) is 11.6 Å². The van der Waals surface area contributed by atoms with Crippen molar-refractivity contribution in [1.82, 2.24) is 0 Å². The van der Waals surface area contributed by atoms with E-state index in [1.165, 1.54) is 92.8 Å². The summed E-state index contributed by atoms with van der Waals surface area (Å²) in [7, 11) is 0. The molecule has 8 nitrogen and oxygen atoms in total. The van der Waals surface area contributed by atoms with Crippen molar-refractivity contribution in [2.24, 2.45) is 0 Å². The van der Waals surface area contributed by atoms with Crippen molar-refractivity contribution in [2.45, 2.75) is 90.9 Å². The lowest BCUT2D eigenvalue weighted by Crippen LogP contribution is -2.13. The molecule has 0 heterocycles. The van der Waals surface area contributed by atoms with Gasteiger partial charge in [-0.3, -0.25) is 0 Å². The van der Waals surface area contributed by atoms with Gasteiger partial charge in [0.2, 0.25) is 0 Å². The fourth-order valence-corrected chi connectivity index (χ4v) is 8.13. The molecule has 0 spiro atoms. The standard InChI is InChI=1S/C60H55ClF2O8/c1-3-5-7-9-11-13-40-15-19-42(20-16-40)44-23-27-46(28-24-44)57(64)70-55-33-31-48(35-53(55)62)59(66)68-51-37-50(61)38-52(39-51)69-60(67)49-32-34-56(54(63)36-49)71-58(65)47-29-25-45(26-30-47)43-21-17-41(18-22-43)14-12-10-8-6-4-2/h15-39H,3-14H2,1-2H3. The van der Waals surface area contributed by atoms with Crippen LogP contribution in [-0.2, 0) is 12.8 Å². The third kappa shape index (κ3) is 14.8. The highest BCUT2D eigenvalue weighted by Gasteiger charge is 2.20. The van der Waals surface area contributed by atoms with Gasteiger partial charge < -0.3 is 18.9 Å². The number of rotatable bonds is 22. The van der Waals surface area contributed by atoms with Gasteiger partial charge in [0.25, 0.3) is 0 Å². The van der Waals surface area contributed by atoms with Crippen LogP contribution in [0.5, 0.6) is 23.0 Å². The molecule has 364 valence electrons. The average Bonchev–Trinajstić information content (AvgIpc) is 3.37. The van der Waals surface area contributed by atoms with Crippen molar-refractivity contribution in [1.29, 1.82) is 0 Å². The number of aryl methyl sites for hydroxylation is 2. The Labute approximate surface area is 418 Å². The fraction of sp³-hybridized carbons (Fsp3) is 0.233. The van der Waals surface area contributed by atoms with Crippen LogP contribution >= 0.6 is 11.6 Å². The second-order valence-corrected chi connectivity index (χ2v) is 17.8. The lowest BCUT2D eigenvalue weighted by molar-refractivity contribution is 0.0716. The van der Waals surface area contributed by atoms with Crippen LogP contribution in [-0.4, -0.2) is 23.9 Å². The molecule has 0 aliphatic heterocycles. The summed E-state index contributed by atoms with van der Waals surface area (Å²) in [6.45, 7) is 4.41. The highest BCUT2D eigenvalue weighted by molar-refractivity contribution is 6.31. The summed E-state index contributed by atoms with van der Waals surface area (Å²) in [4.78, 5) is 52.1. The van der Waals surface area contributed by atoms with Gasteiger partial charge >= 0.3 is 23.9 Å². The molecule has 0 atom stereocenters. The van der Waals surface area contributed by atoms with Crippen LogP contribution in [0.15, 0.2) is 152 Å². The van der Waals surface area contributed by atoms with Gasteiger partial charge in [0, 0.05) is 11.1 Å². The zero-order valence-electron chi connectivity index (χ0n) is 39.8. The van der Waals surface area contributed by atoms with Crippen LogP contribution < -0.4 is 18.9 Å². The lowest BCUT2D eigenvalue weighted by Gasteiger charge is -2.11. The summed E-state index contributed by atoms with van der Waals surface area (Å²) in [5.74, 6) is -6.63. The molecule has 0 aliphatic carbocycles. The minimum absolute atomic E-state index is 0.0175. The Morgan fingerprint density at radius 1 is 0.380 bits per heavy atom. The Morgan fingerprint density at radius 3 is 1.06 bits per heavy atom. The smallest absolute Gasteiger partial charge is 0.343 e. The number of hydrogen-bond acceptors (Lipinski definition) is 8. The van der Waals surface area contributed by atoms with Crippen LogP contribution in [0.1, 0.15) is 131 Å². The first-order valence-electron chi connectivity index (χ1n) is 24.1. The maximum Gasteiger partial charge on any atom is 0.343 e. The zero-order chi connectivity index (χ0) is 50.1. The van der Waals surface area contributed by atoms with Crippen LogP contribution in [0.2, 0.25) is 5.02 Å². The topological polar surface area (TPSA) is 105 Å². The molecule has 0 aliphatic rings. The number of unbranched alkanes of at least 4 members (excludes halogenated alkanes) is 8. The predicted octanol–water partition coefficient (Wildman–Crippen LogP) is 15.9. The zero-order valence-corrected chi connectivity index (χ0v) is 40.6.